The van der Waals surface area contributed by atoms with E-state index in [9.17, 15) is 0 Å². The molecule has 0 unspecified atom stereocenters. The molecule has 118 valence electrons. The zero-order chi connectivity index (χ0) is 16.3. The van der Waals surface area contributed by atoms with Crippen molar-refractivity contribution in [2.75, 3.05) is 0 Å². The Labute approximate surface area is 137 Å². The van der Waals surface area contributed by atoms with Crippen LogP contribution < -0.4 is 0 Å². The first-order chi connectivity index (χ1) is 9.44. The van der Waals surface area contributed by atoms with Crippen LogP contribution in [0.2, 0.25) is 0 Å². The molecule has 0 heterocycles. The summed E-state index contributed by atoms with van der Waals surface area (Å²) in [6.45, 7) is 23.4. The summed E-state index contributed by atoms with van der Waals surface area (Å²) in [4.78, 5) is 0. The molecule has 0 aliphatic heterocycles. The van der Waals surface area contributed by atoms with Crippen molar-refractivity contribution in [1.29, 1.82) is 0 Å². The predicted molar refractivity (Wildman–Crippen MR) is 89.7 cm³/mol. The van der Waals surface area contributed by atoms with Crippen molar-refractivity contribution in [3.63, 3.8) is 0 Å². The fourth-order valence-corrected chi connectivity index (χ4v) is 5.73. The molecule has 0 fully saturated rings. The molecular weight excluding hydrogens is 296 g/mol. The fraction of sp³-hybridized carbons (Fsp3) is 0.600. The first-order valence-corrected chi connectivity index (χ1v) is 8.96. The van der Waals surface area contributed by atoms with Crippen LogP contribution >= 0.6 is 0 Å². The van der Waals surface area contributed by atoms with E-state index in [1.165, 1.54) is 22.3 Å². The van der Waals surface area contributed by atoms with Gasteiger partial charge in [-0.1, -0.05) is 0 Å². The predicted octanol–water partition coefficient (Wildman–Crippen LogP) is 6.37. The van der Waals surface area contributed by atoms with Crippen LogP contribution in [-0.4, -0.2) is 0 Å². The zero-order valence-electron chi connectivity index (χ0n) is 15.4. The van der Waals surface area contributed by atoms with Crippen molar-refractivity contribution in [1.82, 2.24) is 0 Å². The molecule has 1 heteroatoms. The third-order valence-electron chi connectivity index (χ3n) is 6.01. The quantitative estimate of drug-likeness (QED) is 0.517. The minimum absolute atomic E-state index is 0.210. The maximum absolute atomic E-state index is 2.39. The van der Waals surface area contributed by atoms with E-state index in [4.69, 9.17) is 0 Å². The minimum atomic E-state index is 0.210. The molecule has 21 heavy (non-hydrogen) atoms. The third-order valence-corrected chi connectivity index (χ3v) is 8.77. The van der Waals surface area contributed by atoms with Crippen LogP contribution in [0.1, 0.15) is 69.2 Å². The number of hydrogen-bond acceptors (Lipinski definition) is 0. The van der Waals surface area contributed by atoms with Crippen molar-refractivity contribution >= 4 is 0 Å². The topological polar surface area (TPSA) is 0 Å². The molecule has 0 amide bonds. The molecule has 0 saturated carbocycles. The van der Waals surface area contributed by atoms with Crippen molar-refractivity contribution in [3.05, 3.63) is 42.4 Å². The molecule has 0 bridgehead atoms. The van der Waals surface area contributed by atoms with Gasteiger partial charge in [0.2, 0.25) is 0 Å². The summed E-state index contributed by atoms with van der Waals surface area (Å²) in [5.74, 6) is 0. The number of rotatable bonds is 2. The molecule has 0 nitrogen and oxygen atoms in total. The Hall–Kier alpha value is -0.521. The van der Waals surface area contributed by atoms with Gasteiger partial charge in [0.1, 0.15) is 0 Å². The number of hydrogen-bond donors (Lipinski definition) is 0. The van der Waals surface area contributed by atoms with E-state index in [2.05, 4.69) is 69.2 Å². The van der Waals surface area contributed by atoms with Crippen LogP contribution in [-0.2, 0) is 15.0 Å². The van der Waals surface area contributed by atoms with Crippen molar-refractivity contribution in [2.24, 2.45) is 10.8 Å². The molecule has 2 rings (SSSR count). The molecule has 0 saturated heterocycles. The molecule has 0 spiro atoms. The van der Waals surface area contributed by atoms with Gasteiger partial charge < -0.3 is 0 Å². The van der Waals surface area contributed by atoms with E-state index in [0.717, 1.165) is 15.0 Å². The Morgan fingerprint density at radius 2 is 0.810 bits per heavy atom. The van der Waals surface area contributed by atoms with Crippen LogP contribution in [0.25, 0.3) is 0 Å². The summed E-state index contributed by atoms with van der Waals surface area (Å²) in [6, 6.07) is 0. The van der Waals surface area contributed by atoms with Gasteiger partial charge in [-0.15, -0.1) is 0 Å². The van der Waals surface area contributed by atoms with Gasteiger partial charge in [0, 0.05) is 0 Å². The van der Waals surface area contributed by atoms with Gasteiger partial charge in [-0.3, -0.25) is 0 Å². The molecule has 0 N–H and O–H groups in total. The SMILES string of the molecule is CC1=C(C)C(C)(C)[C]([Fe][C]2=C(C)C(C)=C(C)C2(C)C)=C1C. The van der Waals surface area contributed by atoms with Crippen molar-refractivity contribution in [3.8, 4) is 0 Å². The molecule has 0 radical (unpaired) electrons. The summed E-state index contributed by atoms with van der Waals surface area (Å²) >= 11 is 1.13. The standard InChI is InChI=1S/2C10H15.Fe/c2*1-7-6-10(4,5)9(3)8(7)2;/h2*1-5H3;. The van der Waals surface area contributed by atoms with E-state index in [1.54, 1.807) is 20.1 Å². The molecular formula is C20H30Fe. The Kier molecular flexibility index (Phi) is 4.01. The second-order valence-electron chi connectivity index (χ2n) is 7.69. The number of allylic oxidation sites excluding steroid dienone is 8. The Balaban J connectivity index is 2.47. The summed E-state index contributed by atoms with van der Waals surface area (Å²) in [7, 11) is 0. The molecule has 0 aromatic rings. The van der Waals surface area contributed by atoms with Crippen molar-refractivity contribution < 1.29 is 15.0 Å². The average molecular weight is 326 g/mol. The van der Waals surface area contributed by atoms with E-state index in [-0.39, 0.29) is 10.8 Å². The second-order valence-corrected chi connectivity index (χ2v) is 9.07. The second kappa shape index (κ2) is 5.00. The first-order valence-electron chi connectivity index (χ1n) is 7.85. The van der Waals surface area contributed by atoms with Gasteiger partial charge in [-0.2, -0.15) is 0 Å². The molecule has 0 atom stereocenters. The molecule has 0 aromatic heterocycles. The van der Waals surface area contributed by atoms with Gasteiger partial charge in [0.05, 0.1) is 0 Å². The van der Waals surface area contributed by atoms with Crippen LogP contribution in [0.15, 0.2) is 42.4 Å². The monoisotopic (exact) mass is 326 g/mol. The molecule has 2 aliphatic carbocycles. The average Bonchev–Trinajstić information content (AvgIpc) is 2.63. The summed E-state index contributed by atoms with van der Waals surface area (Å²) in [6.07, 6.45) is 0. The van der Waals surface area contributed by atoms with Gasteiger partial charge in [-0.05, 0) is 0 Å². The van der Waals surface area contributed by atoms with Crippen LogP contribution in [0.3, 0.4) is 0 Å². The van der Waals surface area contributed by atoms with E-state index in [0.29, 0.717) is 0 Å². The normalized spacial score (nSPS) is 25.0. The molecule has 0 aromatic carbocycles. The maximum atomic E-state index is 2.39. The van der Waals surface area contributed by atoms with Crippen LogP contribution in [0.4, 0.5) is 0 Å². The summed E-state index contributed by atoms with van der Waals surface area (Å²) < 4.78 is 3.25. The third kappa shape index (κ3) is 2.25. The van der Waals surface area contributed by atoms with Gasteiger partial charge in [0.15, 0.2) is 0 Å². The zero-order valence-corrected chi connectivity index (χ0v) is 16.5. The Morgan fingerprint density at radius 3 is 1.00 bits per heavy atom. The Bertz CT molecular complexity index is 575. The first kappa shape index (κ1) is 16.8. The van der Waals surface area contributed by atoms with E-state index >= 15 is 0 Å². The Morgan fingerprint density at radius 1 is 0.524 bits per heavy atom. The van der Waals surface area contributed by atoms with Crippen molar-refractivity contribution in [2.45, 2.75) is 69.2 Å². The van der Waals surface area contributed by atoms with Crippen LogP contribution in [0.5, 0.6) is 0 Å². The van der Waals surface area contributed by atoms with Gasteiger partial charge in [0.25, 0.3) is 0 Å². The van der Waals surface area contributed by atoms with E-state index in [1.807, 2.05) is 0 Å². The van der Waals surface area contributed by atoms with E-state index < -0.39 is 0 Å². The summed E-state index contributed by atoms with van der Waals surface area (Å²) in [5, 5.41) is 0. The molecule has 2 aliphatic rings. The van der Waals surface area contributed by atoms with Gasteiger partial charge >= 0.3 is 137 Å². The van der Waals surface area contributed by atoms with Gasteiger partial charge in [-0.25, -0.2) is 0 Å². The van der Waals surface area contributed by atoms with Crippen LogP contribution in [0, 0.1) is 10.8 Å². The summed E-state index contributed by atoms with van der Waals surface area (Å²) in [5.41, 5.74) is 9.57. The fourth-order valence-electron chi connectivity index (χ4n) is 3.52.